The van der Waals surface area contributed by atoms with E-state index in [1.54, 1.807) is 4.57 Å². The summed E-state index contributed by atoms with van der Waals surface area (Å²) in [5, 5.41) is 0.315. The molecule has 3 heterocycles. The van der Waals surface area contributed by atoms with Gasteiger partial charge in [0.15, 0.2) is 0 Å². The van der Waals surface area contributed by atoms with Gasteiger partial charge in [0.2, 0.25) is 0 Å². The van der Waals surface area contributed by atoms with Gasteiger partial charge in [-0.05, 0) is 62.8 Å². The van der Waals surface area contributed by atoms with Crippen molar-refractivity contribution in [3.8, 4) is 5.69 Å². The van der Waals surface area contributed by atoms with E-state index < -0.39 is 0 Å². The summed E-state index contributed by atoms with van der Waals surface area (Å²) in [6.07, 6.45) is 5.95. The average molecular weight is 289 g/mol. The van der Waals surface area contributed by atoms with Gasteiger partial charge in [0.05, 0.1) is 5.69 Å². The highest BCUT2D eigenvalue weighted by atomic mass is 35.5. The molecule has 0 spiro atoms. The van der Waals surface area contributed by atoms with E-state index in [0.29, 0.717) is 5.02 Å². The normalized spacial score (nSPS) is 14.2. The Kier molecular flexibility index (Phi) is 3.38. The van der Waals surface area contributed by atoms with E-state index in [1.165, 1.54) is 0 Å². The number of rotatable bonds is 0. The Morgan fingerprint density at radius 3 is 2.75 bits per heavy atom. The number of aromatic nitrogens is 2. The molecule has 0 aromatic carbocycles. The summed E-state index contributed by atoms with van der Waals surface area (Å²) in [6.45, 7) is 3.83. The molecule has 2 aromatic heterocycles. The summed E-state index contributed by atoms with van der Waals surface area (Å²) in [4.78, 5) is 16.9. The fraction of sp³-hybridized carbons (Fsp3) is 0.375. The number of pyridine rings is 2. The number of nitrogens with zero attached hydrogens (tertiary/aromatic N) is 2. The van der Waals surface area contributed by atoms with Crippen LogP contribution in [0.25, 0.3) is 5.69 Å². The van der Waals surface area contributed by atoms with E-state index >= 15 is 0 Å². The number of hydrogen-bond acceptors (Lipinski definition) is 2. The maximum atomic E-state index is 12.6. The Hall–Kier alpha value is -1.61. The maximum absolute atomic E-state index is 12.6. The topological polar surface area (TPSA) is 34.9 Å². The fourth-order valence-corrected chi connectivity index (χ4v) is 2.96. The second-order valence-electron chi connectivity index (χ2n) is 5.43. The Morgan fingerprint density at radius 1 is 1.20 bits per heavy atom. The summed E-state index contributed by atoms with van der Waals surface area (Å²) in [5.41, 5.74) is 4.77. The highest BCUT2D eigenvalue weighted by Crippen LogP contribution is 2.24. The summed E-state index contributed by atoms with van der Waals surface area (Å²) in [7, 11) is 0. The highest BCUT2D eigenvalue weighted by Gasteiger charge is 2.17. The molecule has 0 radical (unpaired) electrons. The SMILES string of the molecule is Cc1cc2c(cn1)CCCCc1cc(C)c(Cl)c(=O)n1-2. The molecule has 0 fully saturated rings. The number of hydrogen-bond donors (Lipinski definition) is 0. The second kappa shape index (κ2) is 5.06. The Labute approximate surface area is 123 Å². The third kappa shape index (κ3) is 2.16. The van der Waals surface area contributed by atoms with Crippen molar-refractivity contribution in [1.82, 2.24) is 9.55 Å². The van der Waals surface area contributed by atoms with Crippen molar-refractivity contribution in [2.45, 2.75) is 39.5 Å². The van der Waals surface area contributed by atoms with E-state index in [4.69, 9.17) is 11.6 Å². The van der Waals surface area contributed by atoms with Gasteiger partial charge in [0, 0.05) is 17.6 Å². The zero-order valence-electron chi connectivity index (χ0n) is 11.7. The first-order chi connectivity index (χ1) is 9.58. The lowest BCUT2D eigenvalue weighted by Gasteiger charge is -2.20. The van der Waals surface area contributed by atoms with Crippen molar-refractivity contribution in [1.29, 1.82) is 0 Å². The molecule has 2 aromatic rings. The van der Waals surface area contributed by atoms with Gasteiger partial charge in [-0.15, -0.1) is 0 Å². The van der Waals surface area contributed by atoms with Gasteiger partial charge in [-0.3, -0.25) is 14.3 Å². The van der Waals surface area contributed by atoms with Gasteiger partial charge >= 0.3 is 0 Å². The molecule has 0 aliphatic carbocycles. The molecule has 1 aliphatic heterocycles. The molecule has 0 atom stereocenters. The van der Waals surface area contributed by atoms with Gasteiger partial charge in [-0.25, -0.2) is 0 Å². The smallest absolute Gasteiger partial charge is 0.274 e. The molecule has 0 amide bonds. The molecule has 0 bridgehead atoms. The van der Waals surface area contributed by atoms with Crippen LogP contribution in [0.1, 0.15) is 35.4 Å². The fourth-order valence-electron chi connectivity index (χ4n) is 2.82. The lowest BCUT2D eigenvalue weighted by Crippen LogP contribution is -2.25. The van der Waals surface area contributed by atoms with Crippen molar-refractivity contribution < 1.29 is 0 Å². The van der Waals surface area contributed by atoms with Gasteiger partial charge < -0.3 is 0 Å². The van der Waals surface area contributed by atoms with Crippen LogP contribution in [-0.4, -0.2) is 9.55 Å². The van der Waals surface area contributed by atoms with E-state index in [2.05, 4.69) is 4.98 Å². The lowest BCUT2D eigenvalue weighted by atomic mass is 10.0. The van der Waals surface area contributed by atoms with E-state index in [-0.39, 0.29) is 5.56 Å². The predicted octanol–water partition coefficient (Wildman–Crippen LogP) is 3.38. The molecular formula is C16H17ClN2O. The van der Waals surface area contributed by atoms with E-state index in [0.717, 1.165) is 53.9 Å². The minimum Gasteiger partial charge on any atom is -0.280 e. The van der Waals surface area contributed by atoms with Crippen LogP contribution in [0.4, 0.5) is 0 Å². The highest BCUT2D eigenvalue weighted by molar-refractivity contribution is 6.31. The molecule has 3 nitrogen and oxygen atoms in total. The van der Waals surface area contributed by atoms with Crippen LogP contribution in [0, 0.1) is 13.8 Å². The van der Waals surface area contributed by atoms with Crippen molar-refractivity contribution in [2.24, 2.45) is 0 Å². The molecule has 3 rings (SSSR count). The summed E-state index contributed by atoms with van der Waals surface area (Å²) in [5.74, 6) is 0. The van der Waals surface area contributed by atoms with Crippen molar-refractivity contribution in [3.63, 3.8) is 0 Å². The molecule has 1 aliphatic rings. The van der Waals surface area contributed by atoms with Crippen LogP contribution in [-0.2, 0) is 12.8 Å². The van der Waals surface area contributed by atoms with Crippen LogP contribution in [0.5, 0.6) is 0 Å². The van der Waals surface area contributed by atoms with Gasteiger partial charge in [-0.2, -0.15) is 0 Å². The molecule has 0 saturated heterocycles. The van der Waals surface area contributed by atoms with Crippen LogP contribution in [0.2, 0.25) is 5.02 Å². The minimum atomic E-state index is -0.115. The van der Waals surface area contributed by atoms with Crippen LogP contribution < -0.4 is 5.56 Å². The Bertz CT molecular complexity index is 734. The molecule has 0 N–H and O–H groups in total. The summed E-state index contributed by atoms with van der Waals surface area (Å²) in [6, 6.07) is 4.02. The summed E-state index contributed by atoms with van der Waals surface area (Å²) >= 11 is 6.17. The number of fused-ring (bicyclic) bond motifs is 3. The second-order valence-corrected chi connectivity index (χ2v) is 5.81. The summed E-state index contributed by atoms with van der Waals surface area (Å²) < 4.78 is 1.78. The zero-order chi connectivity index (χ0) is 14.3. The van der Waals surface area contributed by atoms with E-state index in [1.807, 2.05) is 32.2 Å². The third-order valence-electron chi connectivity index (χ3n) is 3.88. The molecular weight excluding hydrogens is 272 g/mol. The van der Waals surface area contributed by atoms with Gasteiger partial charge in [0.25, 0.3) is 5.56 Å². The third-order valence-corrected chi connectivity index (χ3v) is 4.34. The van der Waals surface area contributed by atoms with Crippen molar-refractivity contribution in [3.05, 3.63) is 56.2 Å². The first kappa shape index (κ1) is 13.4. The molecule has 20 heavy (non-hydrogen) atoms. The zero-order valence-corrected chi connectivity index (χ0v) is 12.5. The molecule has 104 valence electrons. The van der Waals surface area contributed by atoms with E-state index in [9.17, 15) is 4.79 Å². The lowest BCUT2D eigenvalue weighted by molar-refractivity contribution is 0.675. The Balaban J connectivity index is 2.38. The van der Waals surface area contributed by atoms with Crippen LogP contribution in [0.3, 0.4) is 0 Å². The van der Waals surface area contributed by atoms with Crippen molar-refractivity contribution in [2.75, 3.05) is 0 Å². The quantitative estimate of drug-likeness (QED) is 0.745. The van der Waals surface area contributed by atoms with Crippen molar-refractivity contribution >= 4 is 11.6 Å². The van der Waals surface area contributed by atoms with Crippen LogP contribution >= 0.6 is 11.6 Å². The number of aryl methyl sites for hydroxylation is 4. The number of halogens is 1. The Morgan fingerprint density at radius 2 is 1.95 bits per heavy atom. The van der Waals surface area contributed by atoms with Gasteiger partial charge in [0.1, 0.15) is 5.02 Å². The maximum Gasteiger partial charge on any atom is 0.274 e. The largest absolute Gasteiger partial charge is 0.280 e. The molecule has 4 heteroatoms. The standard InChI is InChI=1S/C16H17ClN2O/c1-10-7-13-6-4-3-5-12-9-18-11(2)8-14(12)19(13)16(20)15(10)17/h7-9H,3-6H2,1-2H3. The average Bonchev–Trinajstić information content (AvgIpc) is 2.40. The first-order valence-electron chi connectivity index (χ1n) is 6.95. The monoisotopic (exact) mass is 288 g/mol. The molecule has 0 saturated carbocycles. The van der Waals surface area contributed by atoms with Gasteiger partial charge in [-0.1, -0.05) is 11.6 Å². The first-order valence-corrected chi connectivity index (χ1v) is 7.32. The molecule has 0 unspecified atom stereocenters. The minimum absolute atomic E-state index is 0.115. The predicted molar refractivity (Wildman–Crippen MR) is 81.0 cm³/mol. The van der Waals surface area contributed by atoms with Crippen LogP contribution in [0.15, 0.2) is 23.1 Å².